The first-order chi connectivity index (χ1) is 13.6. The third kappa shape index (κ3) is 4.15. The van der Waals surface area contributed by atoms with Gasteiger partial charge in [0.2, 0.25) is 0 Å². The van der Waals surface area contributed by atoms with Gasteiger partial charge in [-0.3, -0.25) is 0 Å². The van der Waals surface area contributed by atoms with Crippen LogP contribution in [0.15, 0.2) is 42.5 Å². The van der Waals surface area contributed by atoms with Crippen molar-refractivity contribution in [3.8, 4) is 10.9 Å². The summed E-state index contributed by atoms with van der Waals surface area (Å²) in [4.78, 5) is 18.8. The third-order valence-corrected chi connectivity index (χ3v) is 5.90. The van der Waals surface area contributed by atoms with Gasteiger partial charge < -0.3 is 19.7 Å². The normalized spacial score (nSPS) is 14.9. The lowest BCUT2D eigenvalue weighted by Gasteiger charge is -2.31. The van der Waals surface area contributed by atoms with Crippen LogP contribution in [0.25, 0.3) is 10.2 Å². The van der Waals surface area contributed by atoms with Crippen molar-refractivity contribution < 1.29 is 14.3 Å². The number of rotatable bonds is 4. The molecule has 1 aliphatic rings. The van der Waals surface area contributed by atoms with Crippen molar-refractivity contribution >= 4 is 44.9 Å². The van der Waals surface area contributed by atoms with Crippen molar-refractivity contribution in [2.75, 3.05) is 25.5 Å². The Bertz CT molecular complexity index is 968. The molecule has 0 atom stereocenters. The van der Waals surface area contributed by atoms with Gasteiger partial charge in [0.05, 0.1) is 16.8 Å². The lowest BCUT2D eigenvalue weighted by atomic mass is 10.1. The van der Waals surface area contributed by atoms with Gasteiger partial charge in [-0.15, -0.1) is 0 Å². The first-order valence-electron chi connectivity index (χ1n) is 9.04. The molecule has 4 rings (SSSR count). The Balaban J connectivity index is 1.30. The number of amides is 2. The summed E-state index contributed by atoms with van der Waals surface area (Å²) in [5, 5.41) is 4.18. The number of fused-ring (bicyclic) bond motifs is 1. The Labute approximate surface area is 172 Å². The second-order valence-corrected chi connectivity index (χ2v) is 7.93. The van der Waals surface area contributed by atoms with Gasteiger partial charge in [-0.25, -0.2) is 9.78 Å². The number of carbonyl (C=O) groups is 1. The van der Waals surface area contributed by atoms with Gasteiger partial charge in [-0.2, -0.15) is 0 Å². The van der Waals surface area contributed by atoms with Crippen LogP contribution in [-0.4, -0.2) is 42.2 Å². The quantitative estimate of drug-likeness (QED) is 0.646. The molecule has 1 aromatic heterocycles. The molecule has 0 aliphatic carbocycles. The molecule has 146 valence electrons. The van der Waals surface area contributed by atoms with Gasteiger partial charge in [0.1, 0.15) is 17.4 Å². The van der Waals surface area contributed by atoms with Gasteiger partial charge >= 0.3 is 6.03 Å². The Hall–Kier alpha value is -2.51. The fourth-order valence-electron chi connectivity index (χ4n) is 3.14. The maximum absolute atomic E-state index is 12.5. The summed E-state index contributed by atoms with van der Waals surface area (Å²) in [7, 11) is 1.61. The monoisotopic (exact) mass is 417 g/mol. The van der Waals surface area contributed by atoms with Crippen molar-refractivity contribution in [3.05, 3.63) is 47.5 Å². The number of halogens is 1. The lowest BCUT2D eigenvalue weighted by molar-refractivity contribution is 0.115. The molecule has 2 heterocycles. The highest BCUT2D eigenvalue weighted by molar-refractivity contribution is 7.20. The fourth-order valence-corrected chi connectivity index (χ4v) is 4.32. The van der Waals surface area contributed by atoms with E-state index < -0.39 is 0 Å². The number of aromatic nitrogens is 1. The highest BCUT2D eigenvalue weighted by atomic mass is 35.5. The Morgan fingerprint density at radius 2 is 1.96 bits per heavy atom. The number of thiazole rings is 1. The van der Waals surface area contributed by atoms with Crippen molar-refractivity contribution in [1.29, 1.82) is 0 Å². The molecule has 1 N–H and O–H groups in total. The Kier molecular flexibility index (Phi) is 5.54. The molecule has 28 heavy (non-hydrogen) atoms. The van der Waals surface area contributed by atoms with Crippen LogP contribution in [0.2, 0.25) is 5.02 Å². The first kappa shape index (κ1) is 18.8. The number of methoxy groups -OCH3 is 1. The highest BCUT2D eigenvalue weighted by Gasteiger charge is 2.25. The minimum Gasteiger partial charge on any atom is -0.497 e. The van der Waals surface area contributed by atoms with Crippen LogP contribution in [0.4, 0.5) is 10.5 Å². The summed E-state index contributed by atoms with van der Waals surface area (Å²) >= 11 is 7.68. The van der Waals surface area contributed by atoms with Gasteiger partial charge in [-0.05, 0) is 36.4 Å². The second-order valence-electron chi connectivity index (χ2n) is 6.53. The maximum atomic E-state index is 12.5. The maximum Gasteiger partial charge on any atom is 0.321 e. The van der Waals surface area contributed by atoms with Crippen molar-refractivity contribution in [2.24, 2.45) is 0 Å². The second kappa shape index (κ2) is 8.24. The standard InChI is InChI=1S/C20H20ClN3O3S/c1-26-14-7-5-13(6-8-14)22-19(25)24-11-9-15(10-12-24)27-20-23-18-16(21)3-2-4-17(18)28-20/h2-8,15H,9-12H2,1H3,(H,22,25). The minimum absolute atomic E-state index is 0.0457. The first-order valence-corrected chi connectivity index (χ1v) is 10.2. The van der Waals surface area contributed by atoms with E-state index in [-0.39, 0.29) is 12.1 Å². The largest absolute Gasteiger partial charge is 0.497 e. The zero-order valence-corrected chi connectivity index (χ0v) is 16.9. The zero-order chi connectivity index (χ0) is 19.5. The molecule has 6 nitrogen and oxygen atoms in total. The van der Waals surface area contributed by atoms with Crippen LogP contribution in [0.1, 0.15) is 12.8 Å². The van der Waals surface area contributed by atoms with Crippen molar-refractivity contribution in [1.82, 2.24) is 9.88 Å². The summed E-state index contributed by atoms with van der Waals surface area (Å²) in [5.41, 5.74) is 1.52. The van der Waals surface area contributed by atoms with E-state index in [1.165, 1.54) is 11.3 Å². The van der Waals surface area contributed by atoms with E-state index in [1.54, 1.807) is 12.0 Å². The van der Waals surface area contributed by atoms with Crippen LogP contribution in [0.5, 0.6) is 10.9 Å². The number of ether oxygens (including phenoxy) is 2. The number of piperidine rings is 1. The number of anilines is 1. The van der Waals surface area contributed by atoms with Crippen LogP contribution < -0.4 is 14.8 Å². The van der Waals surface area contributed by atoms with Crippen LogP contribution in [0, 0.1) is 0 Å². The molecule has 0 spiro atoms. The fraction of sp³-hybridized carbons (Fsp3) is 0.300. The van der Waals surface area contributed by atoms with Crippen molar-refractivity contribution in [3.63, 3.8) is 0 Å². The number of nitrogens with zero attached hydrogens (tertiary/aromatic N) is 2. The molecule has 0 saturated carbocycles. The highest BCUT2D eigenvalue weighted by Crippen LogP contribution is 2.33. The molecule has 0 bridgehead atoms. The van der Waals surface area contributed by atoms with E-state index in [0.29, 0.717) is 23.3 Å². The molecule has 1 aliphatic heterocycles. The number of para-hydroxylation sites is 1. The number of benzene rings is 2. The Morgan fingerprint density at radius 1 is 1.21 bits per heavy atom. The van der Waals surface area contributed by atoms with Gasteiger partial charge in [0.15, 0.2) is 0 Å². The van der Waals surface area contributed by atoms with E-state index in [0.717, 1.165) is 34.5 Å². The molecule has 1 fully saturated rings. The van der Waals surface area contributed by atoms with Gasteiger partial charge in [0.25, 0.3) is 5.19 Å². The Morgan fingerprint density at radius 3 is 2.64 bits per heavy atom. The number of hydrogen-bond acceptors (Lipinski definition) is 5. The molecule has 0 unspecified atom stereocenters. The number of hydrogen-bond donors (Lipinski definition) is 1. The van der Waals surface area contributed by atoms with Gasteiger partial charge in [0, 0.05) is 31.6 Å². The average molecular weight is 418 g/mol. The molecule has 0 radical (unpaired) electrons. The minimum atomic E-state index is -0.101. The topological polar surface area (TPSA) is 63.7 Å². The molecule has 2 aromatic carbocycles. The molecule has 2 amide bonds. The average Bonchev–Trinajstić information content (AvgIpc) is 3.13. The van der Waals surface area contributed by atoms with Crippen molar-refractivity contribution in [2.45, 2.75) is 18.9 Å². The van der Waals surface area contributed by atoms with Crippen LogP contribution in [-0.2, 0) is 0 Å². The SMILES string of the molecule is COc1ccc(NC(=O)N2CCC(Oc3nc4c(Cl)cccc4s3)CC2)cc1. The summed E-state index contributed by atoms with van der Waals surface area (Å²) in [6.45, 7) is 1.27. The molecule has 3 aromatic rings. The predicted molar refractivity (Wildman–Crippen MR) is 112 cm³/mol. The lowest BCUT2D eigenvalue weighted by Crippen LogP contribution is -2.43. The third-order valence-electron chi connectivity index (χ3n) is 4.69. The smallest absolute Gasteiger partial charge is 0.321 e. The number of carbonyl (C=O) groups excluding carboxylic acids is 1. The van der Waals surface area contributed by atoms with E-state index in [4.69, 9.17) is 21.1 Å². The van der Waals surface area contributed by atoms with Crippen LogP contribution in [0.3, 0.4) is 0 Å². The molecular formula is C20H20ClN3O3S. The van der Waals surface area contributed by atoms with E-state index in [1.807, 2.05) is 42.5 Å². The molecule has 8 heteroatoms. The van der Waals surface area contributed by atoms with E-state index in [9.17, 15) is 4.79 Å². The molecular weight excluding hydrogens is 398 g/mol. The van der Waals surface area contributed by atoms with Gasteiger partial charge in [-0.1, -0.05) is 29.0 Å². The van der Waals surface area contributed by atoms with E-state index >= 15 is 0 Å². The molecule has 1 saturated heterocycles. The predicted octanol–water partition coefficient (Wildman–Crippen LogP) is 5.03. The number of nitrogens with one attached hydrogen (secondary N) is 1. The zero-order valence-electron chi connectivity index (χ0n) is 15.4. The number of urea groups is 1. The van der Waals surface area contributed by atoms with E-state index in [2.05, 4.69) is 10.3 Å². The van der Waals surface area contributed by atoms with Crippen LogP contribution >= 0.6 is 22.9 Å². The summed E-state index contributed by atoms with van der Waals surface area (Å²) < 4.78 is 12.2. The number of likely N-dealkylation sites (tertiary alicyclic amines) is 1. The summed E-state index contributed by atoms with van der Waals surface area (Å²) in [5.74, 6) is 0.757. The summed E-state index contributed by atoms with van der Waals surface area (Å²) in [6.07, 6.45) is 1.57. The summed E-state index contributed by atoms with van der Waals surface area (Å²) in [6, 6.07) is 12.9.